The topological polar surface area (TPSA) is 73.1 Å². The fraction of sp³-hybridized carbons (Fsp3) is 0.182. The van der Waals surface area contributed by atoms with Crippen LogP contribution in [-0.2, 0) is 6.61 Å². The summed E-state index contributed by atoms with van der Waals surface area (Å²) in [5.41, 5.74) is 3.95. The first kappa shape index (κ1) is 19.2. The summed E-state index contributed by atoms with van der Waals surface area (Å²) in [6.07, 6.45) is 1.46. The second-order valence-corrected chi connectivity index (χ2v) is 6.04. The van der Waals surface area contributed by atoms with Gasteiger partial charge in [0.25, 0.3) is 5.91 Å². The van der Waals surface area contributed by atoms with Crippen LogP contribution in [0.15, 0.2) is 70.2 Å². The second-order valence-electron chi connectivity index (χ2n) is 6.04. The lowest BCUT2D eigenvalue weighted by molar-refractivity contribution is 0.0955. The molecule has 28 heavy (non-hydrogen) atoms. The molecule has 3 aromatic rings. The highest BCUT2D eigenvalue weighted by Crippen LogP contribution is 2.18. The van der Waals surface area contributed by atoms with Crippen molar-refractivity contribution in [2.45, 2.75) is 20.5 Å². The lowest BCUT2D eigenvalue weighted by atomic mass is 10.1. The van der Waals surface area contributed by atoms with Crippen molar-refractivity contribution >= 4 is 12.1 Å². The second kappa shape index (κ2) is 9.41. The monoisotopic (exact) mass is 378 g/mol. The van der Waals surface area contributed by atoms with Crippen LogP contribution < -0.4 is 14.9 Å². The van der Waals surface area contributed by atoms with Crippen molar-refractivity contribution in [3.05, 3.63) is 83.3 Å². The van der Waals surface area contributed by atoms with Gasteiger partial charge in [-0.1, -0.05) is 12.1 Å². The number of rotatable bonds is 8. The van der Waals surface area contributed by atoms with Crippen molar-refractivity contribution in [2.75, 3.05) is 6.61 Å². The lowest BCUT2D eigenvalue weighted by Crippen LogP contribution is -2.17. The minimum atomic E-state index is -0.293. The van der Waals surface area contributed by atoms with Crippen LogP contribution in [-0.4, -0.2) is 18.7 Å². The number of carbonyl (C=O) groups is 1. The molecule has 144 valence electrons. The molecule has 0 saturated carbocycles. The van der Waals surface area contributed by atoms with Crippen molar-refractivity contribution < 1.29 is 18.7 Å². The third-order valence-corrected chi connectivity index (χ3v) is 3.88. The molecule has 0 fully saturated rings. The summed E-state index contributed by atoms with van der Waals surface area (Å²) in [7, 11) is 0. The molecule has 0 bridgehead atoms. The van der Waals surface area contributed by atoms with Gasteiger partial charge in [0.2, 0.25) is 0 Å². The van der Waals surface area contributed by atoms with Gasteiger partial charge in [-0.15, -0.1) is 0 Å². The molecule has 0 aliphatic rings. The maximum absolute atomic E-state index is 12.1. The van der Waals surface area contributed by atoms with E-state index in [1.54, 1.807) is 18.2 Å². The number of aryl methyl sites for hydroxylation is 1. The van der Waals surface area contributed by atoms with Gasteiger partial charge in [0.1, 0.15) is 29.6 Å². The van der Waals surface area contributed by atoms with Gasteiger partial charge in [-0.3, -0.25) is 4.79 Å². The Morgan fingerprint density at radius 1 is 1.00 bits per heavy atom. The molecule has 1 N–H and O–H groups in total. The van der Waals surface area contributed by atoms with Crippen molar-refractivity contribution in [3.8, 4) is 11.5 Å². The van der Waals surface area contributed by atoms with Gasteiger partial charge in [0.05, 0.1) is 12.8 Å². The number of hydrazone groups is 1. The van der Waals surface area contributed by atoms with Gasteiger partial charge < -0.3 is 13.9 Å². The van der Waals surface area contributed by atoms with E-state index in [0.717, 1.165) is 22.8 Å². The molecule has 1 heterocycles. The first-order chi connectivity index (χ1) is 13.6. The Morgan fingerprint density at radius 3 is 2.29 bits per heavy atom. The highest BCUT2D eigenvalue weighted by atomic mass is 16.5. The van der Waals surface area contributed by atoms with Crippen LogP contribution in [0.5, 0.6) is 11.5 Å². The highest BCUT2D eigenvalue weighted by Gasteiger charge is 2.05. The zero-order valence-corrected chi connectivity index (χ0v) is 15.8. The molecule has 0 spiro atoms. The van der Waals surface area contributed by atoms with E-state index in [2.05, 4.69) is 10.5 Å². The Kier molecular flexibility index (Phi) is 6.46. The average Bonchev–Trinajstić information content (AvgIpc) is 3.13. The summed E-state index contributed by atoms with van der Waals surface area (Å²) in [6, 6.07) is 18.3. The molecule has 2 aromatic carbocycles. The van der Waals surface area contributed by atoms with Gasteiger partial charge in [-0.05, 0) is 67.9 Å². The normalized spacial score (nSPS) is 10.8. The van der Waals surface area contributed by atoms with Gasteiger partial charge >= 0.3 is 0 Å². The fourth-order valence-corrected chi connectivity index (χ4v) is 2.46. The SMILES string of the molecule is CCOc1ccc(OCc2ccc(C(=O)N/N=C\c3ccc(C)o3)cc2)cc1. The number of amides is 1. The Bertz CT molecular complexity index is 928. The van der Waals surface area contributed by atoms with Crippen LogP contribution in [0.2, 0.25) is 0 Å². The van der Waals surface area contributed by atoms with Crippen LogP contribution in [0.1, 0.15) is 34.4 Å². The van der Waals surface area contributed by atoms with Crippen molar-refractivity contribution in [2.24, 2.45) is 5.10 Å². The molecule has 1 aromatic heterocycles. The van der Waals surface area contributed by atoms with Gasteiger partial charge in [-0.2, -0.15) is 5.10 Å². The number of hydrogen-bond acceptors (Lipinski definition) is 5. The van der Waals surface area contributed by atoms with Crippen molar-refractivity contribution in [3.63, 3.8) is 0 Å². The molecule has 6 nitrogen and oxygen atoms in total. The molecular weight excluding hydrogens is 356 g/mol. The van der Waals surface area contributed by atoms with Crippen molar-refractivity contribution in [1.82, 2.24) is 5.43 Å². The molecule has 0 saturated heterocycles. The molecule has 0 aliphatic heterocycles. The predicted molar refractivity (Wildman–Crippen MR) is 107 cm³/mol. The third kappa shape index (κ3) is 5.48. The average molecular weight is 378 g/mol. The summed E-state index contributed by atoms with van der Waals surface area (Å²) in [5, 5.41) is 3.90. The minimum absolute atomic E-state index is 0.293. The summed E-state index contributed by atoms with van der Waals surface area (Å²) < 4.78 is 16.5. The molecule has 3 rings (SSSR count). The number of furan rings is 1. The van der Waals surface area contributed by atoms with Gasteiger partial charge in [0.15, 0.2) is 0 Å². The Morgan fingerprint density at radius 2 is 1.68 bits per heavy atom. The summed E-state index contributed by atoms with van der Waals surface area (Å²) in [4.78, 5) is 12.1. The predicted octanol–water partition coefficient (Wildman–Crippen LogP) is 4.33. The number of ether oxygens (including phenoxy) is 2. The zero-order chi connectivity index (χ0) is 19.8. The van der Waals surface area contributed by atoms with Gasteiger partial charge in [0, 0.05) is 5.56 Å². The zero-order valence-electron chi connectivity index (χ0n) is 15.8. The number of nitrogens with one attached hydrogen (secondary N) is 1. The van der Waals surface area contributed by atoms with E-state index in [0.29, 0.717) is 24.5 Å². The summed E-state index contributed by atoms with van der Waals surface area (Å²) in [5.74, 6) is 2.65. The quantitative estimate of drug-likeness (QED) is 0.468. The lowest BCUT2D eigenvalue weighted by Gasteiger charge is -2.08. The van der Waals surface area contributed by atoms with E-state index in [4.69, 9.17) is 13.9 Å². The van der Waals surface area contributed by atoms with Crippen molar-refractivity contribution in [1.29, 1.82) is 0 Å². The molecule has 0 atom stereocenters. The van der Waals surface area contributed by atoms with Crippen LogP contribution in [0.25, 0.3) is 0 Å². The van der Waals surface area contributed by atoms with E-state index < -0.39 is 0 Å². The smallest absolute Gasteiger partial charge is 0.271 e. The van der Waals surface area contributed by atoms with Crippen LogP contribution in [0.3, 0.4) is 0 Å². The standard InChI is InChI=1S/C22H22N2O4/c1-3-26-19-10-12-20(13-11-19)27-15-17-5-7-18(8-6-17)22(25)24-23-14-21-9-4-16(2)28-21/h4-14H,3,15H2,1-2H3,(H,24,25)/b23-14-. The molecule has 0 unspecified atom stereocenters. The van der Waals surface area contributed by atoms with E-state index in [-0.39, 0.29) is 5.91 Å². The van der Waals surface area contributed by atoms with Crippen LogP contribution >= 0.6 is 0 Å². The Labute approximate surface area is 163 Å². The molecular formula is C22H22N2O4. The summed E-state index contributed by atoms with van der Waals surface area (Å²) >= 11 is 0. The van der Waals surface area contributed by atoms with E-state index >= 15 is 0 Å². The number of carbonyl (C=O) groups excluding carboxylic acids is 1. The van der Waals surface area contributed by atoms with Crippen LogP contribution in [0, 0.1) is 6.92 Å². The number of benzene rings is 2. The number of hydrogen-bond donors (Lipinski definition) is 1. The molecule has 1 amide bonds. The maximum atomic E-state index is 12.1. The fourth-order valence-electron chi connectivity index (χ4n) is 2.46. The first-order valence-electron chi connectivity index (χ1n) is 8.98. The van der Waals surface area contributed by atoms with E-state index in [1.165, 1.54) is 6.21 Å². The largest absolute Gasteiger partial charge is 0.494 e. The number of nitrogens with zero attached hydrogens (tertiary/aromatic N) is 1. The first-order valence-corrected chi connectivity index (χ1v) is 8.98. The van der Waals surface area contributed by atoms with E-state index in [9.17, 15) is 4.79 Å². The molecule has 6 heteroatoms. The minimum Gasteiger partial charge on any atom is -0.494 e. The maximum Gasteiger partial charge on any atom is 0.271 e. The molecule has 0 radical (unpaired) electrons. The third-order valence-electron chi connectivity index (χ3n) is 3.88. The molecule has 0 aliphatic carbocycles. The Balaban J connectivity index is 1.49. The van der Waals surface area contributed by atoms with E-state index in [1.807, 2.05) is 56.3 Å². The van der Waals surface area contributed by atoms with Gasteiger partial charge in [-0.25, -0.2) is 5.43 Å². The summed E-state index contributed by atoms with van der Waals surface area (Å²) in [6.45, 7) is 4.83. The Hall–Kier alpha value is -3.54. The highest BCUT2D eigenvalue weighted by molar-refractivity contribution is 5.94. The van der Waals surface area contributed by atoms with Crippen LogP contribution in [0.4, 0.5) is 0 Å².